The van der Waals surface area contributed by atoms with E-state index in [-0.39, 0.29) is 18.1 Å². The van der Waals surface area contributed by atoms with E-state index in [1.165, 1.54) is 7.11 Å². The fourth-order valence-electron chi connectivity index (χ4n) is 2.54. The second-order valence-corrected chi connectivity index (χ2v) is 6.55. The van der Waals surface area contributed by atoms with Crippen LogP contribution in [0.4, 0.5) is 4.79 Å². The summed E-state index contributed by atoms with van der Waals surface area (Å²) in [5.41, 5.74) is -0.465. The summed E-state index contributed by atoms with van der Waals surface area (Å²) in [6, 6.07) is 0.207. The molecule has 0 radical (unpaired) electrons. The lowest BCUT2D eigenvalue weighted by atomic mass is 9.84. The largest absolute Gasteiger partial charge is 0.469 e. The third-order valence-corrected chi connectivity index (χ3v) is 3.73. The van der Waals surface area contributed by atoms with Gasteiger partial charge in [-0.05, 0) is 52.4 Å². The first-order valence-electron chi connectivity index (χ1n) is 7.25. The molecule has 0 atom stereocenters. The maximum Gasteiger partial charge on any atom is 0.410 e. The van der Waals surface area contributed by atoms with Crippen molar-refractivity contribution in [3.8, 4) is 0 Å². The average molecular weight is 285 g/mol. The number of carbonyl (C=O) groups is 2. The Labute approximate surface area is 121 Å². The third kappa shape index (κ3) is 5.39. The van der Waals surface area contributed by atoms with E-state index in [4.69, 9.17) is 9.47 Å². The van der Waals surface area contributed by atoms with E-state index in [1.54, 1.807) is 11.9 Å². The molecule has 0 spiro atoms. The number of hydrogen-bond acceptors (Lipinski definition) is 4. The van der Waals surface area contributed by atoms with Crippen molar-refractivity contribution < 1.29 is 19.1 Å². The Kier molecular flexibility index (Phi) is 5.84. The van der Waals surface area contributed by atoms with Crippen molar-refractivity contribution in [2.45, 2.75) is 64.5 Å². The summed E-state index contributed by atoms with van der Waals surface area (Å²) in [5, 5.41) is 0. The van der Waals surface area contributed by atoms with Gasteiger partial charge in [-0.15, -0.1) is 0 Å². The van der Waals surface area contributed by atoms with Gasteiger partial charge in [0, 0.05) is 19.5 Å². The summed E-state index contributed by atoms with van der Waals surface area (Å²) in [6.07, 6.45) is 3.95. The lowest BCUT2D eigenvalue weighted by Crippen LogP contribution is -2.42. The van der Waals surface area contributed by atoms with E-state index in [1.807, 2.05) is 20.8 Å². The van der Waals surface area contributed by atoms with Gasteiger partial charge in [0.1, 0.15) is 5.60 Å². The van der Waals surface area contributed by atoms with E-state index in [0.717, 1.165) is 25.7 Å². The predicted octanol–water partition coefficient (Wildman–Crippen LogP) is 2.98. The molecule has 5 heteroatoms. The number of nitrogens with zero attached hydrogens (tertiary/aromatic N) is 1. The summed E-state index contributed by atoms with van der Waals surface area (Å²) in [4.78, 5) is 24.9. The normalized spacial score (nSPS) is 23.1. The van der Waals surface area contributed by atoms with Gasteiger partial charge in [0.15, 0.2) is 0 Å². The monoisotopic (exact) mass is 285 g/mol. The highest BCUT2D eigenvalue weighted by molar-refractivity contribution is 5.69. The second kappa shape index (κ2) is 6.95. The molecule has 0 unspecified atom stereocenters. The first kappa shape index (κ1) is 16.8. The van der Waals surface area contributed by atoms with Crippen molar-refractivity contribution in [2.24, 2.45) is 5.92 Å². The molecule has 1 fully saturated rings. The Hall–Kier alpha value is -1.26. The zero-order valence-corrected chi connectivity index (χ0v) is 13.3. The molecular formula is C15H27NO4. The smallest absolute Gasteiger partial charge is 0.410 e. The summed E-state index contributed by atoms with van der Waals surface area (Å²) < 4.78 is 10.1. The van der Waals surface area contributed by atoms with Crippen molar-refractivity contribution in [2.75, 3.05) is 14.2 Å². The first-order chi connectivity index (χ1) is 9.23. The summed E-state index contributed by atoms with van der Waals surface area (Å²) in [5.74, 6) is 0.236. The predicted molar refractivity (Wildman–Crippen MR) is 76.4 cm³/mol. The first-order valence-corrected chi connectivity index (χ1v) is 7.25. The van der Waals surface area contributed by atoms with Gasteiger partial charge >= 0.3 is 12.1 Å². The molecule has 1 rings (SSSR count). The van der Waals surface area contributed by atoms with Crippen LogP contribution in [-0.4, -0.2) is 42.8 Å². The highest BCUT2D eigenvalue weighted by Crippen LogP contribution is 2.30. The van der Waals surface area contributed by atoms with E-state index in [0.29, 0.717) is 12.3 Å². The van der Waals surface area contributed by atoms with Crippen LogP contribution in [0.5, 0.6) is 0 Å². The zero-order chi connectivity index (χ0) is 15.3. The van der Waals surface area contributed by atoms with Gasteiger partial charge < -0.3 is 14.4 Å². The highest BCUT2D eigenvalue weighted by atomic mass is 16.6. The molecule has 1 saturated carbocycles. The number of ether oxygens (including phenoxy) is 2. The van der Waals surface area contributed by atoms with Crippen LogP contribution in [-0.2, 0) is 14.3 Å². The minimum absolute atomic E-state index is 0.144. The quantitative estimate of drug-likeness (QED) is 0.748. The maximum atomic E-state index is 12.0. The molecule has 0 aromatic carbocycles. The van der Waals surface area contributed by atoms with Crippen molar-refractivity contribution in [1.29, 1.82) is 0 Å². The SMILES string of the molecule is COC(=O)C[C@H]1CC[C@H](N(C)C(=O)OC(C)(C)C)CC1. The number of methoxy groups -OCH3 is 1. The molecule has 0 aromatic heterocycles. The molecular weight excluding hydrogens is 258 g/mol. The Morgan fingerprint density at radius 1 is 1.15 bits per heavy atom. The number of amides is 1. The minimum Gasteiger partial charge on any atom is -0.469 e. The molecule has 0 heterocycles. The lowest BCUT2D eigenvalue weighted by molar-refractivity contribution is -0.142. The van der Waals surface area contributed by atoms with E-state index >= 15 is 0 Å². The fraction of sp³-hybridized carbons (Fsp3) is 0.867. The molecule has 0 aliphatic heterocycles. The lowest BCUT2D eigenvalue weighted by Gasteiger charge is -2.35. The Morgan fingerprint density at radius 3 is 2.15 bits per heavy atom. The van der Waals surface area contributed by atoms with Crippen LogP contribution in [0.2, 0.25) is 0 Å². The van der Waals surface area contributed by atoms with Crippen molar-refractivity contribution in [3.63, 3.8) is 0 Å². The van der Waals surface area contributed by atoms with E-state index in [2.05, 4.69) is 0 Å². The zero-order valence-electron chi connectivity index (χ0n) is 13.3. The highest BCUT2D eigenvalue weighted by Gasteiger charge is 2.30. The van der Waals surface area contributed by atoms with Gasteiger partial charge in [0.25, 0.3) is 0 Å². The second-order valence-electron chi connectivity index (χ2n) is 6.55. The van der Waals surface area contributed by atoms with Crippen LogP contribution in [0, 0.1) is 5.92 Å². The van der Waals surface area contributed by atoms with Gasteiger partial charge in [-0.3, -0.25) is 4.79 Å². The van der Waals surface area contributed by atoms with Crippen LogP contribution >= 0.6 is 0 Å². The van der Waals surface area contributed by atoms with Crippen LogP contribution in [0.25, 0.3) is 0 Å². The molecule has 0 saturated heterocycles. The van der Waals surface area contributed by atoms with Gasteiger partial charge in [-0.1, -0.05) is 0 Å². The molecule has 5 nitrogen and oxygen atoms in total. The topological polar surface area (TPSA) is 55.8 Å². The van der Waals surface area contributed by atoms with E-state index in [9.17, 15) is 9.59 Å². The van der Waals surface area contributed by atoms with Gasteiger partial charge in [-0.25, -0.2) is 4.79 Å². The molecule has 1 amide bonds. The van der Waals surface area contributed by atoms with E-state index < -0.39 is 5.60 Å². The molecule has 1 aliphatic rings. The summed E-state index contributed by atoms with van der Waals surface area (Å²) >= 11 is 0. The number of rotatable bonds is 3. The number of hydrogen-bond donors (Lipinski definition) is 0. The summed E-state index contributed by atoms with van der Waals surface area (Å²) in [7, 11) is 3.21. The third-order valence-electron chi connectivity index (χ3n) is 3.73. The molecule has 1 aliphatic carbocycles. The van der Waals surface area contributed by atoms with Crippen LogP contribution in [0.15, 0.2) is 0 Å². The van der Waals surface area contributed by atoms with Gasteiger partial charge in [0.05, 0.1) is 7.11 Å². The standard InChI is InChI=1S/C15H27NO4/c1-15(2,3)20-14(18)16(4)12-8-6-11(7-9-12)10-13(17)19-5/h11-12H,6-10H2,1-5H3/t11-,12-. The van der Waals surface area contributed by atoms with Crippen LogP contribution in [0.3, 0.4) is 0 Å². The summed E-state index contributed by atoms with van der Waals surface area (Å²) in [6.45, 7) is 5.60. The average Bonchev–Trinajstić information content (AvgIpc) is 2.36. The van der Waals surface area contributed by atoms with Crippen molar-refractivity contribution >= 4 is 12.1 Å². The minimum atomic E-state index is -0.465. The molecule has 116 valence electrons. The van der Waals surface area contributed by atoms with Crippen LogP contribution < -0.4 is 0 Å². The maximum absolute atomic E-state index is 12.0. The Balaban J connectivity index is 2.41. The van der Waals surface area contributed by atoms with Gasteiger partial charge in [0.2, 0.25) is 0 Å². The molecule has 0 N–H and O–H groups in total. The molecule has 0 aromatic rings. The molecule has 0 bridgehead atoms. The van der Waals surface area contributed by atoms with Gasteiger partial charge in [-0.2, -0.15) is 0 Å². The fourth-order valence-corrected chi connectivity index (χ4v) is 2.54. The van der Waals surface area contributed by atoms with Crippen molar-refractivity contribution in [1.82, 2.24) is 4.90 Å². The number of carbonyl (C=O) groups excluding carboxylic acids is 2. The number of esters is 1. The van der Waals surface area contributed by atoms with Crippen LogP contribution in [0.1, 0.15) is 52.9 Å². The Bertz CT molecular complexity index is 340. The Morgan fingerprint density at radius 2 is 1.70 bits per heavy atom. The van der Waals surface area contributed by atoms with Crippen molar-refractivity contribution in [3.05, 3.63) is 0 Å². The molecule has 20 heavy (non-hydrogen) atoms.